The first-order chi connectivity index (χ1) is 11.1. The van der Waals surface area contributed by atoms with Crippen molar-refractivity contribution in [2.45, 2.75) is 57.5 Å². The summed E-state index contributed by atoms with van der Waals surface area (Å²) in [6, 6.07) is -0.00162. The summed E-state index contributed by atoms with van der Waals surface area (Å²) in [6.45, 7) is 4.26. The number of hydrogen-bond acceptors (Lipinski definition) is 4. The molecule has 1 saturated heterocycles. The molecule has 2 amide bonds. The van der Waals surface area contributed by atoms with Crippen LogP contribution in [0.1, 0.15) is 53.6 Å². The summed E-state index contributed by atoms with van der Waals surface area (Å²) >= 11 is 1.81. The van der Waals surface area contributed by atoms with Crippen LogP contribution in [0.15, 0.2) is 0 Å². The number of likely N-dealkylation sites (N-methyl/N-ethyl adjacent to an activating group) is 1. The Hall–Kier alpha value is -1.14. The van der Waals surface area contributed by atoms with Gasteiger partial charge in [-0.15, -0.1) is 11.3 Å². The van der Waals surface area contributed by atoms with Gasteiger partial charge < -0.3 is 15.0 Å². The number of amides is 2. The van der Waals surface area contributed by atoms with Crippen molar-refractivity contribution in [1.82, 2.24) is 15.2 Å². The van der Waals surface area contributed by atoms with E-state index in [1.807, 2.05) is 18.4 Å². The van der Waals surface area contributed by atoms with E-state index in [0.29, 0.717) is 12.5 Å². The maximum Gasteiger partial charge on any atom is 0.317 e. The number of urea groups is 1. The molecule has 6 heteroatoms. The summed E-state index contributed by atoms with van der Waals surface area (Å²) in [4.78, 5) is 20.2. The number of aromatic nitrogens is 1. The summed E-state index contributed by atoms with van der Waals surface area (Å²) in [6.07, 6.45) is 7.04. The molecule has 0 bridgehead atoms. The number of nitrogens with zero attached hydrogens (tertiary/aromatic N) is 2. The average molecular weight is 337 g/mol. The lowest BCUT2D eigenvalue weighted by Crippen LogP contribution is -2.43. The lowest BCUT2D eigenvalue weighted by Gasteiger charge is -2.28. The highest BCUT2D eigenvalue weighted by molar-refractivity contribution is 7.11. The van der Waals surface area contributed by atoms with Gasteiger partial charge in [0.1, 0.15) is 0 Å². The van der Waals surface area contributed by atoms with Gasteiger partial charge in [-0.25, -0.2) is 9.78 Å². The minimum atomic E-state index is -0.00162. The van der Waals surface area contributed by atoms with Crippen LogP contribution in [0, 0.1) is 6.92 Å². The minimum absolute atomic E-state index is 0.00162. The standard InChI is InChI=1S/C17H27N3O2S/c1-12-19-16-13(6-5-8-15(16)23-12)11-20(2)17(21)18-10-14-7-3-4-9-22-14/h13-14H,3-11H2,1-2H3,(H,18,21). The third kappa shape index (κ3) is 4.23. The van der Waals surface area contributed by atoms with Crippen molar-refractivity contribution in [3.8, 4) is 0 Å². The van der Waals surface area contributed by atoms with E-state index in [1.165, 1.54) is 23.4 Å². The Morgan fingerprint density at radius 1 is 1.39 bits per heavy atom. The highest BCUT2D eigenvalue weighted by Gasteiger charge is 2.26. The van der Waals surface area contributed by atoms with E-state index in [9.17, 15) is 4.79 Å². The van der Waals surface area contributed by atoms with Gasteiger partial charge in [-0.2, -0.15) is 0 Å². The van der Waals surface area contributed by atoms with Gasteiger partial charge in [0.05, 0.1) is 16.8 Å². The Balaban J connectivity index is 1.50. The van der Waals surface area contributed by atoms with Gasteiger partial charge in [-0.3, -0.25) is 0 Å². The first-order valence-electron chi connectivity index (χ1n) is 8.70. The van der Waals surface area contributed by atoms with Crippen LogP contribution in [0.5, 0.6) is 0 Å². The van der Waals surface area contributed by atoms with E-state index in [1.54, 1.807) is 4.90 Å². The maximum atomic E-state index is 12.3. The van der Waals surface area contributed by atoms with Gasteiger partial charge in [0.2, 0.25) is 0 Å². The predicted molar refractivity (Wildman–Crippen MR) is 92.1 cm³/mol. The molecule has 0 spiro atoms. The number of thiazole rings is 1. The summed E-state index contributed by atoms with van der Waals surface area (Å²) in [7, 11) is 1.88. The Bertz CT molecular complexity index is 540. The first-order valence-corrected chi connectivity index (χ1v) is 9.52. The zero-order chi connectivity index (χ0) is 16.2. The van der Waals surface area contributed by atoms with Crippen LogP contribution in [0.25, 0.3) is 0 Å². The molecular formula is C17H27N3O2S. The molecule has 0 radical (unpaired) electrons. The fraction of sp³-hybridized carbons (Fsp3) is 0.765. The van der Waals surface area contributed by atoms with Gasteiger partial charge in [0, 0.05) is 37.5 Å². The summed E-state index contributed by atoms with van der Waals surface area (Å²) in [5.74, 6) is 0.380. The summed E-state index contributed by atoms with van der Waals surface area (Å²) < 4.78 is 5.67. The van der Waals surface area contributed by atoms with E-state index in [2.05, 4.69) is 12.2 Å². The number of nitrogens with one attached hydrogen (secondary N) is 1. The quantitative estimate of drug-likeness (QED) is 0.918. The fourth-order valence-electron chi connectivity index (χ4n) is 3.52. The fourth-order valence-corrected chi connectivity index (χ4v) is 4.59. The van der Waals surface area contributed by atoms with E-state index < -0.39 is 0 Å². The van der Waals surface area contributed by atoms with Crippen LogP contribution in [-0.4, -0.2) is 48.8 Å². The SMILES string of the molecule is Cc1nc2c(s1)CCCC2CN(C)C(=O)NCC1CCCCO1. The lowest BCUT2D eigenvalue weighted by molar-refractivity contribution is 0.0178. The van der Waals surface area contributed by atoms with Crippen molar-refractivity contribution in [3.63, 3.8) is 0 Å². The molecule has 23 heavy (non-hydrogen) atoms. The van der Waals surface area contributed by atoms with Crippen molar-refractivity contribution >= 4 is 17.4 Å². The van der Waals surface area contributed by atoms with Crippen molar-refractivity contribution in [2.24, 2.45) is 0 Å². The maximum absolute atomic E-state index is 12.3. The Kier molecular flexibility index (Phi) is 5.54. The Morgan fingerprint density at radius 2 is 2.26 bits per heavy atom. The van der Waals surface area contributed by atoms with Crippen molar-refractivity contribution in [3.05, 3.63) is 15.6 Å². The van der Waals surface area contributed by atoms with Crippen molar-refractivity contribution < 1.29 is 9.53 Å². The molecule has 2 unspecified atom stereocenters. The molecule has 1 aromatic heterocycles. The van der Waals surface area contributed by atoms with Crippen LogP contribution in [0.4, 0.5) is 4.79 Å². The van der Waals surface area contributed by atoms with Gasteiger partial charge in [0.15, 0.2) is 0 Å². The van der Waals surface area contributed by atoms with E-state index in [0.717, 1.165) is 43.8 Å². The number of ether oxygens (including phenoxy) is 1. The third-order valence-corrected chi connectivity index (χ3v) is 5.82. The van der Waals surface area contributed by atoms with Crippen LogP contribution >= 0.6 is 11.3 Å². The monoisotopic (exact) mass is 337 g/mol. The zero-order valence-electron chi connectivity index (χ0n) is 14.1. The second-order valence-electron chi connectivity index (χ2n) is 6.69. The molecule has 1 aromatic rings. The van der Waals surface area contributed by atoms with Gasteiger partial charge in [-0.1, -0.05) is 0 Å². The normalized spacial score (nSPS) is 24.1. The van der Waals surface area contributed by atoms with Crippen LogP contribution in [-0.2, 0) is 11.2 Å². The smallest absolute Gasteiger partial charge is 0.317 e. The van der Waals surface area contributed by atoms with Crippen LogP contribution in [0.2, 0.25) is 0 Å². The molecule has 3 rings (SSSR count). The topological polar surface area (TPSA) is 54.5 Å². The van der Waals surface area contributed by atoms with Crippen molar-refractivity contribution in [2.75, 3.05) is 26.7 Å². The predicted octanol–water partition coefficient (Wildman–Crippen LogP) is 3.08. The molecule has 1 fully saturated rings. The average Bonchev–Trinajstić information content (AvgIpc) is 2.95. The molecule has 2 aliphatic rings. The Morgan fingerprint density at radius 3 is 3.04 bits per heavy atom. The minimum Gasteiger partial charge on any atom is -0.376 e. The highest BCUT2D eigenvalue weighted by atomic mass is 32.1. The van der Waals surface area contributed by atoms with E-state index >= 15 is 0 Å². The number of aryl methyl sites for hydroxylation is 2. The molecule has 2 atom stereocenters. The number of carbonyl (C=O) groups is 1. The molecule has 5 nitrogen and oxygen atoms in total. The highest BCUT2D eigenvalue weighted by Crippen LogP contribution is 2.34. The molecule has 2 heterocycles. The van der Waals surface area contributed by atoms with E-state index in [-0.39, 0.29) is 12.1 Å². The molecule has 0 saturated carbocycles. The zero-order valence-corrected chi connectivity index (χ0v) is 15.0. The van der Waals surface area contributed by atoms with Crippen LogP contribution < -0.4 is 5.32 Å². The largest absolute Gasteiger partial charge is 0.376 e. The molecule has 128 valence electrons. The molecule has 1 N–H and O–H groups in total. The van der Waals surface area contributed by atoms with Crippen molar-refractivity contribution in [1.29, 1.82) is 0 Å². The molecule has 0 aromatic carbocycles. The van der Waals surface area contributed by atoms with Gasteiger partial charge in [0.25, 0.3) is 0 Å². The number of fused-ring (bicyclic) bond motifs is 1. The van der Waals surface area contributed by atoms with Crippen LogP contribution in [0.3, 0.4) is 0 Å². The number of rotatable bonds is 4. The summed E-state index contributed by atoms with van der Waals surface area (Å²) in [5.41, 5.74) is 1.23. The van der Waals surface area contributed by atoms with E-state index in [4.69, 9.17) is 9.72 Å². The number of carbonyl (C=O) groups excluding carboxylic acids is 1. The first kappa shape index (κ1) is 16.7. The number of hydrogen-bond donors (Lipinski definition) is 1. The molecule has 1 aliphatic heterocycles. The second-order valence-corrected chi connectivity index (χ2v) is 7.97. The lowest BCUT2D eigenvalue weighted by atomic mass is 9.90. The summed E-state index contributed by atoms with van der Waals surface area (Å²) in [5, 5.41) is 4.16. The van der Waals surface area contributed by atoms with Gasteiger partial charge >= 0.3 is 6.03 Å². The second kappa shape index (κ2) is 7.62. The Labute approximate surface area is 142 Å². The molecule has 1 aliphatic carbocycles. The third-order valence-electron chi connectivity index (χ3n) is 4.77. The molecular weight excluding hydrogens is 310 g/mol. The van der Waals surface area contributed by atoms with Gasteiger partial charge in [-0.05, 0) is 45.4 Å².